The number of hydrogen-bond donors (Lipinski definition) is 11. The van der Waals surface area contributed by atoms with Crippen molar-refractivity contribution in [2.45, 2.75) is 35.7 Å². The van der Waals surface area contributed by atoms with E-state index in [2.05, 4.69) is 31.5 Å². The molecule has 5 rings (SSSR count). The molecule has 3 fully saturated rings. The molecule has 2 aromatic rings. The number of β-lactam (4-membered cyclic amide) rings is 1. The Morgan fingerprint density at radius 3 is 2.40 bits per heavy atom. The highest BCUT2D eigenvalue weighted by molar-refractivity contribution is 8.02. The molecule has 0 unspecified atom stereocenters. The molecule has 25 nitrogen and oxygen atoms in total. The average Bonchev–Trinajstić information content (AvgIpc) is 3.86. The van der Waals surface area contributed by atoms with Crippen LogP contribution in [0.4, 0.5) is 19.5 Å². The first kappa shape index (κ1) is 41.7. The Hall–Kier alpha value is -6.48. The number of thiazole rings is 1. The molecule has 3 saturated heterocycles. The lowest BCUT2D eigenvalue weighted by atomic mass is 10.1. The number of aromatic nitrogens is 1. The third kappa shape index (κ3) is 8.53. The monoisotopic (exact) mass is 856 g/mol. The topological polar surface area (TPSA) is 360 Å². The van der Waals surface area contributed by atoms with E-state index in [1.807, 2.05) is 10.9 Å². The first-order valence-corrected chi connectivity index (χ1v) is 18.3. The van der Waals surface area contributed by atoms with Crippen molar-refractivity contribution >= 4 is 93.3 Å². The lowest BCUT2D eigenvalue weighted by molar-refractivity contribution is -0.161. The van der Waals surface area contributed by atoms with Crippen LogP contribution in [0.2, 0.25) is 5.02 Å². The molecule has 1 aromatic carbocycles. The molecule has 9 amide bonds. The van der Waals surface area contributed by atoms with Crippen LogP contribution >= 0.6 is 34.7 Å². The summed E-state index contributed by atoms with van der Waals surface area (Å²) in [6.45, 7) is 1.18. The number of amides is 9. The van der Waals surface area contributed by atoms with Gasteiger partial charge < -0.3 is 51.8 Å². The zero-order valence-electron chi connectivity index (χ0n) is 29.4. The number of aromatic hydroxyl groups is 2. The molecule has 3 aliphatic rings. The zero-order valence-corrected chi connectivity index (χ0v) is 31.8. The molecule has 1 aromatic heterocycles. The number of aliphatic carboxylic acids is 2. The summed E-state index contributed by atoms with van der Waals surface area (Å²) in [5.74, 6) is -6.52. The van der Waals surface area contributed by atoms with E-state index in [4.69, 9.17) is 22.2 Å². The van der Waals surface area contributed by atoms with E-state index in [-0.39, 0.29) is 47.6 Å². The number of phenolic OH excluding ortho intramolecular Hbond substituents is 2. The number of benzene rings is 1. The van der Waals surface area contributed by atoms with E-state index in [1.165, 1.54) is 25.3 Å². The summed E-state index contributed by atoms with van der Waals surface area (Å²) in [5.41, 5.74) is 9.25. The average molecular weight is 857 g/mol. The number of anilines is 1. The number of thioether (sulfide) groups is 1. The largest absolute Gasteiger partial charge is 0.504 e. The van der Waals surface area contributed by atoms with Crippen LogP contribution < -0.4 is 38.0 Å². The molecular weight excluding hydrogens is 824 g/mol. The molecule has 3 aliphatic heterocycles. The van der Waals surface area contributed by atoms with Gasteiger partial charge in [0.15, 0.2) is 22.3 Å². The summed E-state index contributed by atoms with van der Waals surface area (Å²) in [6, 6.07) is -2.06. The highest BCUT2D eigenvalue weighted by Crippen LogP contribution is 2.49. The van der Waals surface area contributed by atoms with E-state index < -0.39 is 93.4 Å². The lowest BCUT2D eigenvalue weighted by Crippen LogP contribution is -2.68. The summed E-state index contributed by atoms with van der Waals surface area (Å²) in [5, 5.41) is 50.5. The molecule has 0 radical (unpaired) electrons. The Labute approximate surface area is 332 Å². The number of fused-ring (bicyclic) bond motifs is 1. The van der Waals surface area contributed by atoms with Crippen LogP contribution in [0, 0.1) is 0 Å². The molecule has 3 atom stereocenters. The van der Waals surface area contributed by atoms with E-state index >= 15 is 0 Å². The van der Waals surface area contributed by atoms with Crippen LogP contribution in [0.3, 0.4) is 0 Å². The second-order valence-electron chi connectivity index (χ2n) is 12.5. The fraction of sp³-hybridized carbons (Fsp3) is 0.379. The minimum absolute atomic E-state index is 0.0444. The van der Waals surface area contributed by atoms with Gasteiger partial charge in [0.25, 0.3) is 11.8 Å². The van der Waals surface area contributed by atoms with Gasteiger partial charge in [-0.2, -0.15) is 0 Å². The Balaban J connectivity index is 1.12. The third-order valence-electron chi connectivity index (χ3n) is 8.33. The number of rotatable bonds is 13. The van der Waals surface area contributed by atoms with Gasteiger partial charge >= 0.3 is 30.0 Å². The van der Waals surface area contributed by atoms with Gasteiger partial charge in [0.2, 0.25) is 16.4 Å². The number of carboxylic acid groups (broad SMARTS) is 2. The molecule has 0 bridgehead atoms. The molecular formula is C29H33ClN12O13S2. The van der Waals surface area contributed by atoms with Gasteiger partial charge in [-0.15, -0.1) is 11.3 Å². The predicted molar refractivity (Wildman–Crippen MR) is 195 cm³/mol. The molecule has 0 aliphatic carbocycles. The van der Waals surface area contributed by atoms with Gasteiger partial charge in [-0.25, -0.2) is 50.2 Å². The zero-order chi connectivity index (χ0) is 42.0. The quantitative estimate of drug-likeness (QED) is 0.0346. The lowest BCUT2D eigenvalue weighted by Gasteiger charge is -2.41. The van der Waals surface area contributed by atoms with Crippen molar-refractivity contribution in [2.75, 3.05) is 38.5 Å². The SMILES string of the molecule is CC(C)(O/N=C(\C(=O)N[C@@H]1C(=O)N2C[C@@](C(=O)O)(N3CCN(NC(=O)NNC(=O)NCCNC(=O)c4ccc(O)c(O)c4Cl)C3=O)S[C@H]12)c1csc(N)n1)C(=O)O. The van der Waals surface area contributed by atoms with Crippen molar-refractivity contribution in [3.63, 3.8) is 0 Å². The number of oxime groups is 1. The maximum atomic E-state index is 13.4. The van der Waals surface area contributed by atoms with Gasteiger partial charge in [0, 0.05) is 25.0 Å². The number of hydrazine groups is 2. The smallest absolute Gasteiger partial charge is 0.352 e. The molecule has 4 heterocycles. The number of carbonyl (C=O) groups excluding carboxylic acids is 6. The fourth-order valence-electron chi connectivity index (χ4n) is 5.28. The van der Waals surface area contributed by atoms with Gasteiger partial charge in [0.05, 0.1) is 23.7 Å². The molecule has 28 heteroatoms. The van der Waals surface area contributed by atoms with E-state index in [1.54, 1.807) is 0 Å². The fourth-order valence-corrected chi connectivity index (χ4v) is 7.71. The number of phenols is 2. The summed E-state index contributed by atoms with van der Waals surface area (Å²) in [4.78, 5) is 110. The number of nitrogens with two attached hydrogens (primary N) is 1. The van der Waals surface area contributed by atoms with Gasteiger partial charge in [0.1, 0.15) is 17.1 Å². The Morgan fingerprint density at radius 2 is 1.75 bits per heavy atom. The summed E-state index contributed by atoms with van der Waals surface area (Å²) in [7, 11) is 0. The van der Waals surface area contributed by atoms with E-state index in [0.717, 1.165) is 32.2 Å². The van der Waals surface area contributed by atoms with Crippen molar-refractivity contribution in [2.24, 2.45) is 5.16 Å². The normalized spacial score (nSPS) is 20.3. The molecule has 12 N–H and O–H groups in total. The first-order chi connectivity index (χ1) is 26.8. The number of nitrogens with one attached hydrogen (secondary N) is 6. The first-order valence-electron chi connectivity index (χ1n) is 16.2. The Morgan fingerprint density at radius 1 is 1.07 bits per heavy atom. The molecule has 0 saturated carbocycles. The van der Waals surface area contributed by atoms with Crippen molar-refractivity contribution in [1.29, 1.82) is 0 Å². The molecule has 306 valence electrons. The maximum absolute atomic E-state index is 13.4. The number of halogens is 1. The van der Waals surface area contributed by atoms with Crippen molar-refractivity contribution < 1.29 is 63.6 Å². The Bertz CT molecular complexity index is 2070. The maximum Gasteiger partial charge on any atom is 0.352 e. The van der Waals surface area contributed by atoms with Crippen LogP contribution in [0.25, 0.3) is 0 Å². The summed E-state index contributed by atoms with van der Waals surface area (Å²) in [6.07, 6.45) is 0. The molecule has 57 heavy (non-hydrogen) atoms. The number of hydrogen-bond acceptors (Lipinski definition) is 16. The summed E-state index contributed by atoms with van der Waals surface area (Å²) >= 11 is 7.48. The van der Waals surface area contributed by atoms with Gasteiger partial charge in [-0.1, -0.05) is 28.5 Å². The standard InChI is InChI=1S/C29H33ClN12O13S2/c1-28(2,22(48)49)55-39-15(12-9-56-24(31)34-12)19(46)35-16-20(47)40-10-29(23(50)51,57-21(16)40)41-7-8-42(27(41)54)38-26(53)37-36-25(52)33-6-5-32-18(45)11-3-4-13(43)17(44)14(11)30/h3-4,9,16,21,43-44H,5-8,10H2,1-2H3,(H2,31,34)(H,32,45)(H,35,46)(H,48,49)(H,50,51)(H2,33,36,52)(H2,37,38,53)/b39-15-/t16-,21-,29-/m1/s1. The van der Waals surface area contributed by atoms with Crippen LogP contribution in [0.15, 0.2) is 22.7 Å². The number of nitrogens with zero attached hydrogens (tertiary/aromatic N) is 5. The second-order valence-corrected chi connectivity index (χ2v) is 15.2. The number of carboxylic acids is 2. The highest BCUT2D eigenvalue weighted by atomic mass is 35.5. The van der Waals surface area contributed by atoms with Crippen LogP contribution in [0.1, 0.15) is 29.9 Å². The predicted octanol–water partition coefficient (Wildman–Crippen LogP) is -1.85. The highest BCUT2D eigenvalue weighted by Gasteiger charge is 2.66. The summed E-state index contributed by atoms with van der Waals surface area (Å²) < 4.78 is 0. The number of nitrogen functional groups attached to an aromatic ring is 1. The van der Waals surface area contributed by atoms with Crippen LogP contribution in [-0.2, 0) is 24.0 Å². The van der Waals surface area contributed by atoms with Crippen molar-refractivity contribution in [1.82, 2.24) is 52.0 Å². The number of urea groups is 3. The molecule has 0 spiro atoms. The Kier molecular flexibility index (Phi) is 11.9. The van der Waals surface area contributed by atoms with Crippen LogP contribution in [-0.4, -0.2) is 148 Å². The minimum atomic E-state index is -2.06. The third-order valence-corrected chi connectivity index (χ3v) is 11.1. The van der Waals surface area contributed by atoms with E-state index in [0.29, 0.717) is 11.8 Å². The minimum Gasteiger partial charge on any atom is -0.504 e. The second kappa shape index (κ2) is 16.3. The van der Waals surface area contributed by atoms with Gasteiger partial charge in [-0.3, -0.25) is 19.3 Å². The van der Waals surface area contributed by atoms with Crippen molar-refractivity contribution in [3.05, 3.63) is 33.8 Å². The van der Waals surface area contributed by atoms with Crippen LogP contribution in [0.5, 0.6) is 11.5 Å². The van der Waals surface area contributed by atoms with E-state index in [9.17, 15) is 58.8 Å². The van der Waals surface area contributed by atoms with Gasteiger partial charge in [-0.05, 0) is 26.0 Å². The van der Waals surface area contributed by atoms with Crippen molar-refractivity contribution in [3.8, 4) is 11.5 Å². The number of carbonyl (C=O) groups is 8.